The van der Waals surface area contributed by atoms with Gasteiger partial charge in [0.1, 0.15) is 0 Å². The zero-order valence-corrected chi connectivity index (χ0v) is 9.75. The second-order valence-electron chi connectivity index (χ2n) is 0.283. The molecule has 0 rings (SSSR count). The third-order valence-corrected chi connectivity index (χ3v) is 0. The summed E-state index contributed by atoms with van der Waals surface area (Å²) in [5.74, 6) is 0. The van der Waals surface area contributed by atoms with Gasteiger partial charge < -0.3 is 15.9 Å². The summed E-state index contributed by atoms with van der Waals surface area (Å²) in [6, 6.07) is 0. The monoisotopic (exact) mass is 180 g/mol. The molecule has 0 aromatic carbocycles. The Balaban J connectivity index is -0.00000000214. The second-order valence-corrected chi connectivity index (χ2v) is 0.283. The van der Waals surface area contributed by atoms with Crippen LogP contribution in [0.2, 0.25) is 0 Å². The van der Waals surface area contributed by atoms with E-state index < -0.39 is 6.16 Å². The van der Waals surface area contributed by atoms with Crippen LogP contribution >= 0.6 is 9.90 Å². The average molecular weight is 180 g/mol. The van der Waals surface area contributed by atoms with Crippen molar-refractivity contribution >= 4 is 91.5 Å². The number of hydrogen-bond donors (Lipinski definition) is 2. The van der Waals surface area contributed by atoms with Crippen molar-refractivity contribution in [3.8, 4) is 0 Å². The maximum Gasteiger partial charge on any atom is 2.00 e. The maximum absolute atomic E-state index is 8.56. The van der Waals surface area contributed by atoms with Gasteiger partial charge in [0.2, 0.25) is 0 Å². The number of rotatable bonds is 0. The maximum atomic E-state index is 8.56. The normalized spacial score (nSPS) is 3.43. The first-order valence-electron chi connectivity index (χ1n) is 0.651. The molecule has 6 heteroatoms. The fraction of sp³-hybridized carbons (Fsp3) is 0. The molecule has 0 heterocycles. The molecule has 40 valence electrons. The smallest absolute Gasteiger partial charge is 1.00 e. The van der Waals surface area contributed by atoms with E-state index in [0.29, 0.717) is 0 Å². The van der Waals surface area contributed by atoms with Crippen molar-refractivity contribution in [1.82, 2.24) is 0 Å². The minimum atomic E-state index is -1.83. The summed E-state index contributed by atoms with van der Waals surface area (Å²) in [6.07, 6.45) is -1.83. The summed E-state index contributed by atoms with van der Waals surface area (Å²) >= 11 is 0. The predicted molar refractivity (Wildman–Crippen MR) is 37.7 cm³/mol. The quantitative estimate of drug-likeness (QED) is 0.406. The molecule has 7 heavy (non-hydrogen) atoms. The molecule has 0 aliphatic heterocycles. The molecule has 1 atom stereocenters. The molecule has 0 radical (unpaired) electrons. The molecule has 0 bridgehead atoms. The van der Waals surface area contributed by atoms with Crippen molar-refractivity contribution in [3.05, 3.63) is 0 Å². The summed E-state index contributed by atoms with van der Waals surface area (Å²) < 4.78 is 0. The first-order chi connectivity index (χ1) is 1.73. The number of carbonyl (C=O) groups is 1. The molecule has 1 unspecified atom stereocenters. The Labute approximate surface area is 110 Å². The van der Waals surface area contributed by atoms with Crippen LogP contribution in [0, 0.1) is 0 Å². The van der Waals surface area contributed by atoms with Crippen molar-refractivity contribution in [2.75, 3.05) is 0 Å². The number of hydrogen-bond acceptors (Lipinski definition) is 1. The largest absolute Gasteiger partial charge is 2.00 e. The van der Waals surface area contributed by atoms with E-state index in [9.17, 15) is 0 Å². The van der Waals surface area contributed by atoms with Gasteiger partial charge in [0.25, 0.3) is 0 Å². The van der Waals surface area contributed by atoms with Crippen molar-refractivity contribution in [2.45, 2.75) is 0 Å². The molecule has 0 aromatic rings. The molecule has 0 aromatic heterocycles. The van der Waals surface area contributed by atoms with E-state index in [4.69, 9.17) is 15.0 Å². The Kier molecular flexibility index (Phi) is 51.4. The molecule has 2 N–H and O–H groups in total. The van der Waals surface area contributed by atoms with E-state index in [0.717, 1.165) is 0 Å². The van der Waals surface area contributed by atoms with Gasteiger partial charge in [-0.1, -0.05) is 0 Å². The van der Waals surface area contributed by atoms with Crippen molar-refractivity contribution in [2.24, 2.45) is 0 Å². The Morgan fingerprint density at radius 3 is 1.29 bits per heavy atom. The molecule has 0 amide bonds. The standard InChI is InChI=1S/CH2O3.2Ca.H3P.4H/c2-1(3)4;;;;;;;/h(H2,2,3,4);;;1H3;;;;/q;2*+2;;4*-1. The van der Waals surface area contributed by atoms with Gasteiger partial charge >= 0.3 is 81.6 Å². The van der Waals surface area contributed by atoms with Gasteiger partial charge in [-0.05, 0) is 0 Å². The fourth-order valence-electron chi connectivity index (χ4n) is 0. The topological polar surface area (TPSA) is 57.5 Å². The summed E-state index contributed by atoms with van der Waals surface area (Å²) in [5.41, 5.74) is 0. The molecule has 0 saturated heterocycles. The van der Waals surface area contributed by atoms with Crippen LogP contribution in [-0.2, 0) is 0 Å². The van der Waals surface area contributed by atoms with Crippen LogP contribution in [-0.4, -0.2) is 91.8 Å². The molecular formula is CH9Ca2O3P. The van der Waals surface area contributed by atoms with Gasteiger partial charge in [-0.3, -0.25) is 0 Å². The molecule has 0 aliphatic carbocycles. The van der Waals surface area contributed by atoms with Crippen molar-refractivity contribution in [1.29, 1.82) is 0 Å². The Bertz CT molecular complexity index is 46.3. The van der Waals surface area contributed by atoms with Gasteiger partial charge in [0.05, 0.1) is 0 Å². The zero-order valence-electron chi connectivity index (χ0n) is 7.92. The second kappa shape index (κ2) is 15.7. The van der Waals surface area contributed by atoms with Crippen LogP contribution < -0.4 is 0 Å². The van der Waals surface area contributed by atoms with E-state index in [1.54, 1.807) is 0 Å². The Morgan fingerprint density at radius 1 is 1.29 bits per heavy atom. The average Bonchev–Trinajstić information content (AvgIpc) is 0.811. The van der Waals surface area contributed by atoms with Crippen LogP contribution in [0.5, 0.6) is 0 Å². The van der Waals surface area contributed by atoms with Crippen LogP contribution in [0.4, 0.5) is 4.79 Å². The Morgan fingerprint density at radius 2 is 1.29 bits per heavy atom. The van der Waals surface area contributed by atoms with E-state index >= 15 is 0 Å². The first kappa shape index (κ1) is 22.9. The van der Waals surface area contributed by atoms with Crippen molar-refractivity contribution in [3.63, 3.8) is 0 Å². The molecule has 0 aliphatic rings. The third-order valence-electron chi connectivity index (χ3n) is 0. The van der Waals surface area contributed by atoms with Gasteiger partial charge in [-0.2, -0.15) is 9.90 Å². The number of carboxylic acid groups (broad SMARTS) is 2. The third kappa shape index (κ3) is 64.5. The fourth-order valence-corrected chi connectivity index (χ4v) is 0. The summed E-state index contributed by atoms with van der Waals surface area (Å²) in [7, 11) is 0. The van der Waals surface area contributed by atoms with Gasteiger partial charge in [0, 0.05) is 0 Å². The van der Waals surface area contributed by atoms with E-state index in [1.807, 2.05) is 0 Å². The van der Waals surface area contributed by atoms with E-state index in [1.165, 1.54) is 0 Å². The summed E-state index contributed by atoms with van der Waals surface area (Å²) in [6.45, 7) is 0. The van der Waals surface area contributed by atoms with Crippen LogP contribution in [0.25, 0.3) is 0 Å². The minimum Gasteiger partial charge on any atom is -1.00 e. The van der Waals surface area contributed by atoms with Gasteiger partial charge in [0.15, 0.2) is 0 Å². The first-order valence-corrected chi connectivity index (χ1v) is 0.651. The minimum absolute atomic E-state index is 0. The summed E-state index contributed by atoms with van der Waals surface area (Å²) in [4.78, 5) is 8.56. The van der Waals surface area contributed by atoms with E-state index in [2.05, 4.69) is 0 Å². The molecule has 3 nitrogen and oxygen atoms in total. The Hall–Kier alpha value is 2.22. The van der Waals surface area contributed by atoms with Gasteiger partial charge in [-0.15, -0.1) is 0 Å². The van der Waals surface area contributed by atoms with Crippen LogP contribution in [0.15, 0.2) is 0 Å². The predicted octanol–water partition coefficient (Wildman–Crippen LogP) is -0.0311. The van der Waals surface area contributed by atoms with Crippen molar-refractivity contribution < 1.29 is 20.7 Å². The SMILES string of the molecule is O=C(O)O.P.[Ca+2].[Ca+2].[H-].[H-].[H-].[H-]. The van der Waals surface area contributed by atoms with Crippen LogP contribution in [0.1, 0.15) is 5.71 Å². The molecule has 0 saturated carbocycles. The molecular weight excluding hydrogens is 171 g/mol. The van der Waals surface area contributed by atoms with Gasteiger partial charge in [-0.25, -0.2) is 4.79 Å². The van der Waals surface area contributed by atoms with Crippen LogP contribution in [0.3, 0.4) is 0 Å². The summed E-state index contributed by atoms with van der Waals surface area (Å²) in [5, 5.41) is 13.9. The molecule has 0 fully saturated rings. The zero-order chi connectivity index (χ0) is 3.58. The van der Waals surface area contributed by atoms with E-state index in [-0.39, 0.29) is 91.1 Å². The molecule has 0 spiro atoms.